The summed E-state index contributed by atoms with van der Waals surface area (Å²) >= 11 is 0. The van der Waals surface area contributed by atoms with E-state index >= 15 is 0 Å². The molecule has 0 amide bonds. The summed E-state index contributed by atoms with van der Waals surface area (Å²) in [5.74, 6) is 0.680. The summed E-state index contributed by atoms with van der Waals surface area (Å²) in [5, 5.41) is 19.8. The highest BCUT2D eigenvalue weighted by molar-refractivity contribution is 5.89. The highest BCUT2D eigenvalue weighted by atomic mass is 16.3. The summed E-state index contributed by atoms with van der Waals surface area (Å²) in [6.07, 6.45) is 0. The standard InChI is InChI=1S/C27H22O2/c1-16-14-18(28)10-12-20(16)23-8-5-9-25-22-6-3-4-7-24(22)26(27(23)25)21-13-11-19(29)15-17(21)2/h3-15,26,28-29H,1-2H3. The van der Waals surface area contributed by atoms with Crippen LogP contribution in [0.3, 0.4) is 0 Å². The Morgan fingerprint density at radius 1 is 0.552 bits per heavy atom. The number of aryl methyl sites for hydroxylation is 2. The molecule has 0 aromatic heterocycles. The number of rotatable bonds is 2. The molecule has 1 unspecified atom stereocenters. The molecule has 2 nitrogen and oxygen atoms in total. The minimum absolute atomic E-state index is 0.103. The quantitative estimate of drug-likeness (QED) is 0.366. The van der Waals surface area contributed by atoms with E-state index in [-0.39, 0.29) is 11.7 Å². The lowest BCUT2D eigenvalue weighted by molar-refractivity contribution is 0.474. The first-order valence-corrected chi connectivity index (χ1v) is 9.86. The Morgan fingerprint density at radius 2 is 1.17 bits per heavy atom. The summed E-state index contributed by atoms with van der Waals surface area (Å²) in [5.41, 5.74) is 10.8. The van der Waals surface area contributed by atoms with Crippen molar-refractivity contribution in [2.75, 3.05) is 0 Å². The predicted molar refractivity (Wildman–Crippen MR) is 118 cm³/mol. The molecule has 142 valence electrons. The maximum Gasteiger partial charge on any atom is 0.115 e. The SMILES string of the molecule is Cc1cc(O)ccc1-c1cccc2c1C(c1ccc(O)cc1C)c1ccccc1-2. The summed E-state index contributed by atoms with van der Waals surface area (Å²) in [6.45, 7) is 4.10. The van der Waals surface area contributed by atoms with Crippen molar-refractivity contribution in [3.63, 3.8) is 0 Å². The monoisotopic (exact) mass is 378 g/mol. The molecular formula is C27H22O2. The van der Waals surface area contributed by atoms with E-state index in [4.69, 9.17) is 0 Å². The summed E-state index contributed by atoms with van der Waals surface area (Å²) in [7, 11) is 0. The average molecular weight is 378 g/mol. The van der Waals surface area contributed by atoms with Gasteiger partial charge in [0.25, 0.3) is 0 Å². The van der Waals surface area contributed by atoms with Crippen molar-refractivity contribution in [3.8, 4) is 33.8 Å². The van der Waals surface area contributed by atoms with E-state index in [1.54, 1.807) is 12.1 Å². The van der Waals surface area contributed by atoms with E-state index in [1.165, 1.54) is 33.4 Å². The van der Waals surface area contributed by atoms with E-state index in [0.29, 0.717) is 5.75 Å². The van der Waals surface area contributed by atoms with Crippen LogP contribution < -0.4 is 0 Å². The molecule has 0 saturated carbocycles. The first kappa shape index (κ1) is 17.6. The Kier molecular flexibility index (Phi) is 3.95. The normalized spacial score (nSPS) is 14.5. The van der Waals surface area contributed by atoms with Gasteiger partial charge in [-0.15, -0.1) is 0 Å². The largest absolute Gasteiger partial charge is 0.508 e. The molecule has 4 aromatic carbocycles. The van der Waals surface area contributed by atoms with Gasteiger partial charge in [-0.3, -0.25) is 0 Å². The van der Waals surface area contributed by atoms with Crippen LogP contribution in [0.15, 0.2) is 78.9 Å². The molecule has 0 aliphatic heterocycles. The predicted octanol–water partition coefficient (Wildman–Crippen LogP) is 6.54. The molecule has 2 N–H and O–H groups in total. The third kappa shape index (κ3) is 2.72. The number of fused-ring (bicyclic) bond motifs is 3. The molecule has 0 heterocycles. The Labute approximate surface area is 170 Å². The molecule has 1 aliphatic carbocycles. The van der Waals surface area contributed by atoms with Crippen LogP contribution in [0.2, 0.25) is 0 Å². The van der Waals surface area contributed by atoms with Gasteiger partial charge in [0, 0.05) is 5.92 Å². The van der Waals surface area contributed by atoms with Gasteiger partial charge < -0.3 is 10.2 Å². The van der Waals surface area contributed by atoms with Crippen LogP contribution in [0.1, 0.15) is 33.7 Å². The molecule has 1 atom stereocenters. The molecule has 4 aromatic rings. The first-order valence-electron chi connectivity index (χ1n) is 9.86. The van der Waals surface area contributed by atoms with Crippen molar-refractivity contribution in [3.05, 3.63) is 107 Å². The van der Waals surface area contributed by atoms with Crippen molar-refractivity contribution in [1.29, 1.82) is 0 Å². The van der Waals surface area contributed by atoms with Crippen LogP contribution in [0.4, 0.5) is 0 Å². The van der Waals surface area contributed by atoms with Gasteiger partial charge in [-0.05, 0) is 88.2 Å². The Hall–Kier alpha value is -3.52. The lowest BCUT2D eigenvalue weighted by Gasteiger charge is -2.21. The molecule has 2 heteroatoms. The van der Waals surface area contributed by atoms with Crippen LogP contribution in [0.25, 0.3) is 22.3 Å². The highest BCUT2D eigenvalue weighted by Crippen LogP contribution is 2.52. The number of benzene rings is 4. The number of phenolic OH excluding ortho intramolecular Hbond substituents is 2. The fourth-order valence-electron chi connectivity index (χ4n) is 4.75. The maximum absolute atomic E-state index is 9.94. The van der Waals surface area contributed by atoms with Crippen molar-refractivity contribution in [1.82, 2.24) is 0 Å². The molecule has 0 spiro atoms. The summed E-state index contributed by atoms with van der Waals surface area (Å²) in [4.78, 5) is 0. The van der Waals surface area contributed by atoms with Crippen molar-refractivity contribution >= 4 is 0 Å². The van der Waals surface area contributed by atoms with E-state index in [0.717, 1.165) is 16.7 Å². The van der Waals surface area contributed by atoms with Crippen LogP contribution in [-0.2, 0) is 0 Å². The second kappa shape index (κ2) is 6.52. The van der Waals surface area contributed by atoms with Gasteiger partial charge in [-0.2, -0.15) is 0 Å². The molecular weight excluding hydrogens is 356 g/mol. The molecule has 1 aliphatic rings. The van der Waals surface area contributed by atoms with Crippen molar-refractivity contribution in [2.45, 2.75) is 19.8 Å². The van der Waals surface area contributed by atoms with E-state index < -0.39 is 0 Å². The molecule has 29 heavy (non-hydrogen) atoms. The second-order valence-electron chi connectivity index (χ2n) is 7.83. The second-order valence-corrected chi connectivity index (χ2v) is 7.83. The maximum atomic E-state index is 9.94. The van der Waals surface area contributed by atoms with E-state index in [9.17, 15) is 10.2 Å². The van der Waals surface area contributed by atoms with E-state index in [2.05, 4.69) is 49.4 Å². The summed E-state index contributed by atoms with van der Waals surface area (Å²) in [6, 6.07) is 26.3. The van der Waals surface area contributed by atoms with Crippen LogP contribution in [-0.4, -0.2) is 10.2 Å². The average Bonchev–Trinajstić information content (AvgIpc) is 3.03. The van der Waals surface area contributed by atoms with Gasteiger partial charge in [-0.1, -0.05) is 54.6 Å². The number of hydrogen-bond acceptors (Lipinski definition) is 2. The van der Waals surface area contributed by atoms with Gasteiger partial charge >= 0.3 is 0 Å². The zero-order chi connectivity index (χ0) is 20.1. The van der Waals surface area contributed by atoms with Gasteiger partial charge in [0.2, 0.25) is 0 Å². The fourth-order valence-corrected chi connectivity index (χ4v) is 4.75. The number of hydrogen-bond donors (Lipinski definition) is 2. The fraction of sp³-hybridized carbons (Fsp3) is 0.111. The Bertz CT molecular complexity index is 1250. The Balaban J connectivity index is 1.83. The van der Waals surface area contributed by atoms with Crippen LogP contribution in [0, 0.1) is 13.8 Å². The lowest BCUT2D eigenvalue weighted by Crippen LogP contribution is -2.03. The summed E-state index contributed by atoms with van der Waals surface area (Å²) < 4.78 is 0. The van der Waals surface area contributed by atoms with Crippen LogP contribution >= 0.6 is 0 Å². The molecule has 0 fully saturated rings. The number of phenols is 2. The minimum atomic E-state index is 0.103. The van der Waals surface area contributed by atoms with Gasteiger partial charge in [0.1, 0.15) is 11.5 Å². The van der Waals surface area contributed by atoms with Crippen LogP contribution in [0.5, 0.6) is 11.5 Å². The molecule has 0 saturated heterocycles. The molecule has 0 bridgehead atoms. The van der Waals surface area contributed by atoms with Crippen molar-refractivity contribution in [2.24, 2.45) is 0 Å². The third-order valence-corrected chi connectivity index (χ3v) is 6.02. The van der Waals surface area contributed by atoms with Crippen molar-refractivity contribution < 1.29 is 10.2 Å². The zero-order valence-electron chi connectivity index (χ0n) is 16.5. The topological polar surface area (TPSA) is 40.5 Å². The third-order valence-electron chi connectivity index (χ3n) is 6.02. The van der Waals surface area contributed by atoms with Gasteiger partial charge in [0.05, 0.1) is 0 Å². The molecule has 0 radical (unpaired) electrons. The zero-order valence-corrected chi connectivity index (χ0v) is 16.5. The lowest BCUT2D eigenvalue weighted by atomic mass is 9.82. The van der Waals surface area contributed by atoms with E-state index in [1.807, 2.05) is 31.2 Å². The smallest absolute Gasteiger partial charge is 0.115 e. The minimum Gasteiger partial charge on any atom is -0.508 e. The first-order chi connectivity index (χ1) is 14.0. The number of aromatic hydroxyl groups is 2. The highest BCUT2D eigenvalue weighted by Gasteiger charge is 2.33. The van der Waals surface area contributed by atoms with Gasteiger partial charge in [-0.25, -0.2) is 0 Å². The van der Waals surface area contributed by atoms with Gasteiger partial charge in [0.15, 0.2) is 0 Å². The Morgan fingerprint density at radius 3 is 1.90 bits per heavy atom. The molecule has 5 rings (SSSR count).